The second kappa shape index (κ2) is 7.39. The standard InChI is InChI=1S/C21H24N4O3/c26-21(18-10-22-5-6-23-18)25-13-16-1-3-17(14-25)24(12-16)11-15-2-4-19-20(9-15)28-8-7-27-19/h2,4-6,9-10,16-17H,1,3,7-8,11-14H2/t16-,17-/m0/s1. The topological polar surface area (TPSA) is 67.8 Å². The van der Waals surface area contributed by atoms with E-state index in [1.165, 1.54) is 12.0 Å². The van der Waals surface area contributed by atoms with Crippen LogP contribution in [0, 0.1) is 5.92 Å². The highest BCUT2D eigenvalue weighted by Crippen LogP contribution is 2.33. The molecule has 3 fully saturated rings. The summed E-state index contributed by atoms with van der Waals surface area (Å²) in [5.74, 6) is 2.15. The number of aromatic nitrogens is 2. The molecular formula is C21H24N4O3. The minimum absolute atomic E-state index is 0.00817. The molecule has 0 N–H and O–H groups in total. The van der Waals surface area contributed by atoms with E-state index >= 15 is 0 Å². The highest BCUT2D eigenvalue weighted by atomic mass is 16.6. The minimum atomic E-state index is -0.00817. The molecule has 6 rings (SSSR count). The van der Waals surface area contributed by atoms with Crippen LogP contribution < -0.4 is 9.47 Å². The van der Waals surface area contributed by atoms with Crippen LogP contribution in [0.5, 0.6) is 11.5 Å². The zero-order valence-electron chi connectivity index (χ0n) is 15.8. The zero-order valence-corrected chi connectivity index (χ0v) is 15.8. The molecule has 28 heavy (non-hydrogen) atoms. The fourth-order valence-corrected chi connectivity index (χ4v) is 4.53. The zero-order chi connectivity index (χ0) is 18.9. The van der Waals surface area contributed by atoms with Gasteiger partial charge in [-0.25, -0.2) is 4.98 Å². The molecule has 4 aliphatic rings. The van der Waals surface area contributed by atoms with Crippen molar-refractivity contribution in [2.24, 2.45) is 5.92 Å². The summed E-state index contributed by atoms with van der Waals surface area (Å²) in [6.45, 7) is 4.64. The maximum absolute atomic E-state index is 12.9. The molecule has 1 aromatic carbocycles. The summed E-state index contributed by atoms with van der Waals surface area (Å²) in [6.07, 6.45) is 7.03. The Kier molecular flexibility index (Phi) is 4.60. The normalized spacial score (nSPS) is 24.1. The van der Waals surface area contributed by atoms with Crippen LogP contribution in [-0.4, -0.2) is 64.6 Å². The Bertz CT molecular complexity index is 860. The van der Waals surface area contributed by atoms with Gasteiger partial charge in [-0.15, -0.1) is 0 Å². The summed E-state index contributed by atoms with van der Waals surface area (Å²) in [5, 5.41) is 0. The first-order chi connectivity index (χ1) is 13.8. The van der Waals surface area contributed by atoms with Crippen molar-refractivity contribution in [1.29, 1.82) is 0 Å². The molecule has 2 bridgehead atoms. The highest BCUT2D eigenvalue weighted by molar-refractivity contribution is 5.92. The van der Waals surface area contributed by atoms with Crippen LogP contribution in [0.1, 0.15) is 28.9 Å². The van der Waals surface area contributed by atoms with Gasteiger partial charge in [-0.05, 0) is 36.5 Å². The monoisotopic (exact) mass is 380 g/mol. The Hall–Kier alpha value is -2.67. The van der Waals surface area contributed by atoms with Gasteiger partial charge in [0.05, 0.1) is 6.20 Å². The number of benzene rings is 1. The lowest BCUT2D eigenvalue weighted by Crippen LogP contribution is -2.44. The quantitative estimate of drug-likeness (QED) is 0.811. The van der Waals surface area contributed by atoms with Crippen molar-refractivity contribution in [1.82, 2.24) is 19.8 Å². The first-order valence-electron chi connectivity index (χ1n) is 9.94. The number of piperidine rings is 1. The van der Waals surface area contributed by atoms with E-state index in [1.807, 2.05) is 11.0 Å². The van der Waals surface area contributed by atoms with Crippen LogP contribution in [0.2, 0.25) is 0 Å². The van der Waals surface area contributed by atoms with Gasteiger partial charge < -0.3 is 14.4 Å². The average molecular weight is 380 g/mol. The number of carbonyl (C=O) groups is 1. The van der Waals surface area contributed by atoms with Crippen LogP contribution in [0.25, 0.3) is 0 Å². The van der Waals surface area contributed by atoms with Gasteiger partial charge in [0.1, 0.15) is 18.9 Å². The van der Waals surface area contributed by atoms with Gasteiger partial charge in [0.25, 0.3) is 5.91 Å². The molecule has 7 nitrogen and oxygen atoms in total. The van der Waals surface area contributed by atoms with E-state index in [9.17, 15) is 4.79 Å². The highest BCUT2D eigenvalue weighted by Gasteiger charge is 2.37. The summed E-state index contributed by atoms with van der Waals surface area (Å²) in [5.41, 5.74) is 1.66. The Morgan fingerprint density at radius 2 is 1.96 bits per heavy atom. The van der Waals surface area contributed by atoms with Gasteiger partial charge in [0.2, 0.25) is 0 Å². The van der Waals surface area contributed by atoms with Crippen molar-refractivity contribution >= 4 is 5.91 Å². The van der Waals surface area contributed by atoms with Crippen LogP contribution in [0.15, 0.2) is 36.8 Å². The Morgan fingerprint density at radius 1 is 1.07 bits per heavy atom. The molecule has 0 aliphatic carbocycles. The van der Waals surface area contributed by atoms with Crippen molar-refractivity contribution in [3.63, 3.8) is 0 Å². The largest absolute Gasteiger partial charge is 0.486 e. The van der Waals surface area contributed by atoms with Gasteiger partial charge in [-0.3, -0.25) is 14.7 Å². The van der Waals surface area contributed by atoms with Gasteiger partial charge in [-0.1, -0.05) is 6.07 Å². The van der Waals surface area contributed by atoms with Crippen LogP contribution >= 0.6 is 0 Å². The number of nitrogens with zero attached hydrogens (tertiary/aromatic N) is 4. The van der Waals surface area contributed by atoms with Gasteiger partial charge in [-0.2, -0.15) is 0 Å². The predicted molar refractivity (Wildman–Crippen MR) is 102 cm³/mol. The minimum Gasteiger partial charge on any atom is -0.486 e. The molecule has 0 unspecified atom stereocenters. The Morgan fingerprint density at radius 3 is 2.82 bits per heavy atom. The molecule has 0 saturated carbocycles. The molecule has 5 heterocycles. The number of amides is 1. The maximum Gasteiger partial charge on any atom is 0.274 e. The molecule has 0 radical (unpaired) electrons. The SMILES string of the molecule is O=C(c1cnccn1)N1C[C@H]2CC[C@@H](C1)N(Cc1ccc3c(c1)OCCO3)C2. The molecular weight excluding hydrogens is 356 g/mol. The summed E-state index contributed by atoms with van der Waals surface area (Å²) in [7, 11) is 0. The molecule has 0 spiro atoms. The molecule has 1 aromatic heterocycles. The first kappa shape index (κ1) is 17.4. The number of hydrogen-bond donors (Lipinski definition) is 0. The summed E-state index contributed by atoms with van der Waals surface area (Å²) < 4.78 is 11.4. The van der Waals surface area contributed by atoms with E-state index in [2.05, 4.69) is 27.0 Å². The van der Waals surface area contributed by atoms with Crippen LogP contribution in [0.3, 0.4) is 0 Å². The summed E-state index contributed by atoms with van der Waals surface area (Å²) >= 11 is 0. The molecule has 146 valence electrons. The fourth-order valence-electron chi connectivity index (χ4n) is 4.53. The summed E-state index contributed by atoms with van der Waals surface area (Å²) in [6, 6.07) is 6.58. The summed E-state index contributed by atoms with van der Waals surface area (Å²) in [4.78, 5) is 25.6. The molecule has 2 atom stereocenters. The second-order valence-electron chi connectivity index (χ2n) is 7.81. The number of fused-ring (bicyclic) bond motifs is 5. The van der Waals surface area contributed by atoms with E-state index < -0.39 is 0 Å². The molecule has 3 saturated heterocycles. The van der Waals surface area contributed by atoms with Gasteiger partial charge in [0.15, 0.2) is 11.5 Å². The predicted octanol–water partition coefficient (Wildman–Crippen LogP) is 1.98. The lowest BCUT2D eigenvalue weighted by atomic mass is 9.94. The van der Waals surface area contributed by atoms with Crippen molar-refractivity contribution in [2.45, 2.75) is 25.4 Å². The van der Waals surface area contributed by atoms with E-state index in [0.717, 1.165) is 44.1 Å². The second-order valence-corrected chi connectivity index (χ2v) is 7.81. The van der Waals surface area contributed by atoms with Crippen molar-refractivity contribution in [3.05, 3.63) is 48.0 Å². The van der Waals surface area contributed by atoms with Gasteiger partial charge >= 0.3 is 0 Å². The number of carbonyl (C=O) groups excluding carboxylic acids is 1. The average Bonchev–Trinajstić information content (AvgIpc) is 3.06. The number of rotatable bonds is 3. The first-order valence-corrected chi connectivity index (χ1v) is 9.94. The van der Waals surface area contributed by atoms with Crippen molar-refractivity contribution in [2.75, 3.05) is 32.8 Å². The van der Waals surface area contributed by atoms with Crippen LogP contribution in [-0.2, 0) is 6.54 Å². The maximum atomic E-state index is 12.9. The van der Waals surface area contributed by atoms with E-state index in [1.54, 1.807) is 18.6 Å². The van der Waals surface area contributed by atoms with E-state index in [-0.39, 0.29) is 5.91 Å². The number of hydrogen-bond acceptors (Lipinski definition) is 6. The van der Waals surface area contributed by atoms with Gasteiger partial charge in [0, 0.05) is 44.6 Å². The van der Waals surface area contributed by atoms with Crippen molar-refractivity contribution in [3.8, 4) is 11.5 Å². The van der Waals surface area contributed by atoms with Crippen molar-refractivity contribution < 1.29 is 14.3 Å². The third kappa shape index (κ3) is 3.42. The fraction of sp³-hybridized carbons (Fsp3) is 0.476. The van der Waals surface area contributed by atoms with E-state index in [4.69, 9.17) is 9.47 Å². The molecule has 7 heteroatoms. The third-order valence-electron chi connectivity index (χ3n) is 5.89. The number of ether oxygens (including phenoxy) is 2. The van der Waals surface area contributed by atoms with Crippen LogP contribution in [0.4, 0.5) is 0 Å². The lowest BCUT2D eigenvalue weighted by molar-refractivity contribution is 0.0729. The molecule has 2 aromatic rings. The third-order valence-corrected chi connectivity index (χ3v) is 5.89. The Labute approximate surface area is 164 Å². The molecule has 1 amide bonds. The lowest BCUT2D eigenvalue weighted by Gasteiger charge is -2.36. The smallest absolute Gasteiger partial charge is 0.274 e. The molecule has 4 aliphatic heterocycles. The Balaban J connectivity index is 1.31. The van der Waals surface area contributed by atoms with E-state index in [0.29, 0.717) is 30.9 Å².